The maximum absolute atomic E-state index is 11.7. The summed E-state index contributed by atoms with van der Waals surface area (Å²) >= 11 is 0. The fourth-order valence-electron chi connectivity index (χ4n) is 2.14. The van der Waals surface area contributed by atoms with Gasteiger partial charge in [0.05, 0.1) is 10.5 Å². The standard InChI is InChI=1S/C17H24N2O3/c1-2-3-4-5-6-9-14-18-17(20)13-12-15-10-7-8-11-16(15)19(21)22/h7-8,10-13H,2-6,9,14H2,1H3,(H,18,20)/b13-12+. The minimum absolute atomic E-state index is 0.00229. The molecule has 1 aromatic carbocycles. The fraction of sp³-hybridized carbons (Fsp3) is 0.471. The smallest absolute Gasteiger partial charge is 0.276 e. The van der Waals surface area contributed by atoms with Crippen molar-refractivity contribution in [3.05, 3.63) is 46.0 Å². The van der Waals surface area contributed by atoms with Gasteiger partial charge in [-0.2, -0.15) is 0 Å². The summed E-state index contributed by atoms with van der Waals surface area (Å²) in [5.41, 5.74) is 0.435. The van der Waals surface area contributed by atoms with Crippen LogP contribution in [0, 0.1) is 10.1 Å². The molecule has 1 amide bonds. The number of amides is 1. The average Bonchev–Trinajstić information content (AvgIpc) is 2.52. The molecule has 0 aliphatic carbocycles. The normalized spacial score (nSPS) is 10.8. The Morgan fingerprint density at radius 1 is 1.18 bits per heavy atom. The Hall–Kier alpha value is -2.17. The number of rotatable bonds is 10. The molecule has 0 heterocycles. The summed E-state index contributed by atoms with van der Waals surface area (Å²) in [5, 5.41) is 13.7. The highest BCUT2D eigenvalue weighted by Gasteiger charge is 2.09. The molecule has 0 bridgehead atoms. The van der Waals surface area contributed by atoms with E-state index in [1.165, 1.54) is 43.9 Å². The molecule has 0 spiro atoms. The summed E-state index contributed by atoms with van der Waals surface area (Å²) < 4.78 is 0. The van der Waals surface area contributed by atoms with Crippen molar-refractivity contribution in [2.75, 3.05) is 6.54 Å². The lowest BCUT2D eigenvalue weighted by Crippen LogP contribution is -2.21. The van der Waals surface area contributed by atoms with Gasteiger partial charge in [0.25, 0.3) is 5.69 Å². The largest absolute Gasteiger partial charge is 0.353 e. The van der Waals surface area contributed by atoms with Crippen LogP contribution in [0.25, 0.3) is 6.08 Å². The van der Waals surface area contributed by atoms with Crippen molar-refractivity contribution < 1.29 is 9.72 Å². The maximum Gasteiger partial charge on any atom is 0.276 e. The molecule has 0 fully saturated rings. The number of nitro benzene ring substituents is 1. The second kappa shape index (κ2) is 10.5. The molecule has 0 saturated heterocycles. The van der Waals surface area contributed by atoms with Crippen molar-refractivity contribution in [3.63, 3.8) is 0 Å². The van der Waals surface area contributed by atoms with Crippen LogP contribution in [0.4, 0.5) is 5.69 Å². The van der Waals surface area contributed by atoms with Crippen molar-refractivity contribution in [2.45, 2.75) is 45.4 Å². The van der Waals surface area contributed by atoms with Crippen LogP contribution in [0.3, 0.4) is 0 Å². The molecule has 0 atom stereocenters. The van der Waals surface area contributed by atoms with Gasteiger partial charge in [0.2, 0.25) is 5.91 Å². The van der Waals surface area contributed by atoms with Gasteiger partial charge in [-0.3, -0.25) is 14.9 Å². The van der Waals surface area contributed by atoms with E-state index in [1.807, 2.05) is 0 Å². The van der Waals surface area contributed by atoms with Gasteiger partial charge in [0.1, 0.15) is 0 Å². The number of hydrogen-bond donors (Lipinski definition) is 1. The van der Waals surface area contributed by atoms with E-state index >= 15 is 0 Å². The Kier molecular flexibility index (Phi) is 8.57. The summed E-state index contributed by atoms with van der Waals surface area (Å²) in [5.74, 6) is -0.216. The van der Waals surface area contributed by atoms with Crippen molar-refractivity contribution in [1.29, 1.82) is 0 Å². The van der Waals surface area contributed by atoms with Crippen LogP contribution in [-0.2, 0) is 4.79 Å². The minimum atomic E-state index is -0.451. The quantitative estimate of drug-likeness (QED) is 0.306. The number of unbranched alkanes of at least 4 members (excludes halogenated alkanes) is 5. The third-order valence-corrected chi connectivity index (χ3v) is 3.38. The molecule has 0 saturated carbocycles. The highest BCUT2D eigenvalue weighted by Crippen LogP contribution is 2.18. The summed E-state index contributed by atoms with van der Waals surface area (Å²) in [6.45, 7) is 2.83. The molecule has 0 radical (unpaired) electrons. The van der Waals surface area contributed by atoms with Crippen LogP contribution >= 0.6 is 0 Å². The number of nitro groups is 1. The van der Waals surface area contributed by atoms with Gasteiger partial charge in [-0.15, -0.1) is 0 Å². The molecular weight excluding hydrogens is 280 g/mol. The zero-order chi connectivity index (χ0) is 16.2. The van der Waals surface area contributed by atoms with E-state index in [0.29, 0.717) is 12.1 Å². The Labute approximate surface area is 131 Å². The van der Waals surface area contributed by atoms with Crippen LogP contribution in [0.1, 0.15) is 51.0 Å². The number of carbonyl (C=O) groups is 1. The Balaban J connectivity index is 2.32. The van der Waals surface area contributed by atoms with E-state index in [9.17, 15) is 14.9 Å². The van der Waals surface area contributed by atoms with Gasteiger partial charge >= 0.3 is 0 Å². The first-order chi connectivity index (χ1) is 10.6. The number of benzene rings is 1. The van der Waals surface area contributed by atoms with Crippen molar-refractivity contribution >= 4 is 17.7 Å². The van der Waals surface area contributed by atoms with Gasteiger partial charge < -0.3 is 5.32 Å². The number of nitrogens with one attached hydrogen (secondary N) is 1. The molecule has 0 unspecified atom stereocenters. The Morgan fingerprint density at radius 2 is 1.86 bits per heavy atom. The van der Waals surface area contributed by atoms with Crippen LogP contribution < -0.4 is 5.32 Å². The molecule has 0 aliphatic heterocycles. The molecule has 0 aliphatic rings. The second-order valence-corrected chi connectivity index (χ2v) is 5.21. The third kappa shape index (κ3) is 7.02. The monoisotopic (exact) mass is 304 g/mol. The molecule has 1 rings (SSSR count). The van der Waals surface area contributed by atoms with Crippen molar-refractivity contribution in [2.24, 2.45) is 0 Å². The first-order valence-electron chi connectivity index (χ1n) is 7.84. The predicted molar refractivity (Wildman–Crippen MR) is 88.5 cm³/mol. The maximum atomic E-state index is 11.7. The average molecular weight is 304 g/mol. The van der Waals surface area contributed by atoms with Crippen LogP contribution in [0.5, 0.6) is 0 Å². The lowest BCUT2D eigenvalue weighted by atomic mass is 10.1. The third-order valence-electron chi connectivity index (χ3n) is 3.38. The minimum Gasteiger partial charge on any atom is -0.353 e. The van der Waals surface area contributed by atoms with E-state index in [0.717, 1.165) is 12.8 Å². The van der Waals surface area contributed by atoms with Crippen molar-refractivity contribution in [1.82, 2.24) is 5.32 Å². The van der Waals surface area contributed by atoms with Gasteiger partial charge in [0, 0.05) is 18.7 Å². The SMILES string of the molecule is CCCCCCCCNC(=O)/C=C/c1ccccc1[N+](=O)[O-]. The lowest BCUT2D eigenvalue weighted by Gasteiger charge is -2.02. The summed E-state index contributed by atoms with van der Waals surface area (Å²) in [6, 6.07) is 6.36. The van der Waals surface area contributed by atoms with E-state index in [4.69, 9.17) is 0 Å². The number of hydrogen-bond acceptors (Lipinski definition) is 3. The van der Waals surface area contributed by atoms with Gasteiger partial charge in [0.15, 0.2) is 0 Å². The number of nitrogens with zero attached hydrogens (tertiary/aromatic N) is 1. The topological polar surface area (TPSA) is 72.2 Å². The molecular formula is C17H24N2O3. The molecule has 1 N–H and O–H groups in total. The molecule has 22 heavy (non-hydrogen) atoms. The lowest BCUT2D eigenvalue weighted by molar-refractivity contribution is -0.385. The summed E-state index contributed by atoms with van der Waals surface area (Å²) in [4.78, 5) is 22.1. The predicted octanol–water partition coefficient (Wildman–Crippen LogP) is 4.08. The molecule has 1 aromatic rings. The molecule has 0 aromatic heterocycles. The second-order valence-electron chi connectivity index (χ2n) is 5.21. The zero-order valence-electron chi connectivity index (χ0n) is 13.1. The van der Waals surface area contributed by atoms with Crippen LogP contribution in [-0.4, -0.2) is 17.4 Å². The molecule has 5 heteroatoms. The molecule has 120 valence electrons. The van der Waals surface area contributed by atoms with Crippen molar-refractivity contribution in [3.8, 4) is 0 Å². The number of carbonyl (C=O) groups excluding carboxylic acids is 1. The first kappa shape index (κ1) is 17.9. The van der Waals surface area contributed by atoms with Gasteiger partial charge in [-0.05, 0) is 18.6 Å². The highest BCUT2D eigenvalue weighted by molar-refractivity contribution is 5.92. The first-order valence-corrected chi connectivity index (χ1v) is 7.84. The number of para-hydroxylation sites is 1. The highest BCUT2D eigenvalue weighted by atomic mass is 16.6. The van der Waals surface area contributed by atoms with Crippen LogP contribution in [0.2, 0.25) is 0 Å². The Morgan fingerprint density at radius 3 is 2.59 bits per heavy atom. The van der Waals surface area contributed by atoms with E-state index in [2.05, 4.69) is 12.2 Å². The van der Waals surface area contributed by atoms with Gasteiger partial charge in [-0.25, -0.2) is 0 Å². The summed E-state index contributed by atoms with van der Waals surface area (Å²) in [6.07, 6.45) is 9.87. The van der Waals surface area contributed by atoms with Crippen LogP contribution in [0.15, 0.2) is 30.3 Å². The van der Waals surface area contributed by atoms with E-state index < -0.39 is 4.92 Å². The molecule has 5 nitrogen and oxygen atoms in total. The zero-order valence-corrected chi connectivity index (χ0v) is 13.1. The summed E-state index contributed by atoms with van der Waals surface area (Å²) in [7, 11) is 0. The van der Waals surface area contributed by atoms with E-state index in [1.54, 1.807) is 18.2 Å². The Bertz CT molecular complexity index is 512. The van der Waals surface area contributed by atoms with E-state index in [-0.39, 0.29) is 11.6 Å². The fourth-order valence-corrected chi connectivity index (χ4v) is 2.14. The van der Waals surface area contributed by atoms with Gasteiger partial charge in [-0.1, -0.05) is 51.2 Å².